The molecule has 2 aromatic rings. The highest BCUT2D eigenvalue weighted by Gasteiger charge is 2.08. The Morgan fingerprint density at radius 2 is 1.80 bits per heavy atom. The van der Waals surface area contributed by atoms with Crippen LogP contribution >= 0.6 is 12.4 Å². The molecule has 2 N–H and O–H groups in total. The molecular formula is C17H22ClNO. The largest absolute Gasteiger partial charge is 0.496 e. The van der Waals surface area contributed by atoms with Gasteiger partial charge < -0.3 is 10.5 Å². The van der Waals surface area contributed by atoms with Gasteiger partial charge >= 0.3 is 0 Å². The Morgan fingerprint density at radius 3 is 2.40 bits per heavy atom. The van der Waals surface area contributed by atoms with Crippen LogP contribution in [0.2, 0.25) is 0 Å². The van der Waals surface area contributed by atoms with Crippen molar-refractivity contribution in [3.05, 3.63) is 54.1 Å². The number of methoxy groups -OCH3 is 1. The number of hydrogen-bond donors (Lipinski definition) is 1. The first-order valence-corrected chi connectivity index (χ1v) is 6.72. The van der Waals surface area contributed by atoms with Crippen LogP contribution in [0.4, 0.5) is 0 Å². The Labute approximate surface area is 127 Å². The molecule has 0 spiro atoms. The first-order chi connectivity index (χ1) is 9.24. The van der Waals surface area contributed by atoms with Gasteiger partial charge in [-0.05, 0) is 36.1 Å². The van der Waals surface area contributed by atoms with Crippen LogP contribution in [-0.4, -0.2) is 13.2 Å². The molecule has 108 valence electrons. The fourth-order valence-corrected chi connectivity index (χ4v) is 2.17. The van der Waals surface area contributed by atoms with Crippen LogP contribution < -0.4 is 10.5 Å². The maximum atomic E-state index is 6.03. The van der Waals surface area contributed by atoms with Gasteiger partial charge in [0.25, 0.3) is 0 Å². The molecule has 2 aromatic carbocycles. The fourth-order valence-electron chi connectivity index (χ4n) is 2.17. The normalized spacial score (nSPS) is 11.6. The predicted molar refractivity (Wildman–Crippen MR) is 87.6 cm³/mol. The van der Waals surface area contributed by atoms with E-state index in [1.54, 1.807) is 7.11 Å². The molecule has 0 aromatic heterocycles. The molecule has 0 aliphatic rings. The van der Waals surface area contributed by atoms with Gasteiger partial charge in [-0.25, -0.2) is 0 Å². The molecule has 0 amide bonds. The Bertz CT molecular complexity index is 528. The third-order valence-electron chi connectivity index (χ3n) is 3.37. The summed E-state index contributed by atoms with van der Waals surface area (Å²) in [6, 6.07) is 16.8. The van der Waals surface area contributed by atoms with E-state index in [-0.39, 0.29) is 18.4 Å². The van der Waals surface area contributed by atoms with Crippen molar-refractivity contribution in [2.24, 2.45) is 5.73 Å². The van der Waals surface area contributed by atoms with Crippen LogP contribution in [0.15, 0.2) is 48.5 Å². The third kappa shape index (κ3) is 3.99. The van der Waals surface area contributed by atoms with Crippen molar-refractivity contribution >= 4 is 12.4 Å². The lowest BCUT2D eigenvalue weighted by molar-refractivity contribution is 0.416. The van der Waals surface area contributed by atoms with Gasteiger partial charge in [-0.2, -0.15) is 0 Å². The molecular weight excluding hydrogens is 270 g/mol. The van der Waals surface area contributed by atoms with Crippen LogP contribution in [0, 0.1) is 0 Å². The number of benzene rings is 2. The van der Waals surface area contributed by atoms with E-state index in [4.69, 9.17) is 10.5 Å². The first-order valence-electron chi connectivity index (χ1n) is 6.72. The average molecular weight is 292 g/mol. The van der Waals surface area contributed by atoms with E-state index in [0.29, 0.717) is 0 Å². The minimum atomic E-state index is 0. The SMILES string of the molecule is CCC(N)Cc1ccc(OC)c(-c2ccccc2)c1.Cl. The van der Waals surface area contributed by atoms with Gasteiger partial charge in [0.1, 0.15) is 5.75 Å². The Hall–Kier alpha value is -1.51. The smallest absolute Gasteiger partial charge is 0.126 e. The number of halogens is 1. The van der Waals surface area contributed by atoms with Crippen LogP contribution in [0.25, 0.3) is 11.1 Å². The van der Waals surface area contributed by atoms with E-state index in [2.05, 4.69) is 31.2 Å². The van der Waals surface area contributed by atoms with Crippen molar-refractivity contribution in [3.63, 3.8) is 0 Å². The summed E-state index contributed by atoms with van der Waals surface area (Å²) in [5, 5.41) is 0. The maximum absolute atomic E-state index is 6.03. The van der Waals surface area contributed by atoms with E-state index in [9.17, 15) is 0 Å². The molecule has 3 heteroatoms. The summed E-state index contributed by atoms with van der Waals surface area (Å²) in [6.45, 7) is 2.12. The second-order valence-electron chi connectivity index (χ2n) is 4.77. The summed E-state index contributed by atoms with van der Waals surface area (Å²) in [5.41, 5.74) is 9.59. The number of hydrogen-bond acceptors (Lipinski definition) is 2. The molecule has 20 heavy (non-hydrogen) atoms. The molecule has 0 fully saturated rings. The molecule has 0 radical (unpaired) electrons. The number of ether oxygens (including phenoxy) is 1. The van der Waals surface area contributed by atoms with Gasteiger partial charge in [0.2, 0.25) is 0 Å². The third-order valence-corrected chi connectivity index (χ3v) is 3.37. The highest BCUT2D eigenvalue weighted by molar-refractivity contribution is 5.85. The molecule has 1 unspecified atom stereocenters. The van der Waals surface area contributed by atoms with Crippen molar-refractivity contribution in [1.29, 1.82) is 0 Å². The standard InChI is InChI=1S/C17H21NO.ClH/c1-3-15(18)11-13-9-10-17(19-2)16(12-13)14-7-5-4-6-8-14;/h4-10,12,15H,3,11,18H2,1-2H3;1H. The lowest BCUT2D eigenvalue weighted by Gasteiger charge is -2.13. The van der Waals surface area contributed by atoms with Gasteiger partial charge in [0.15, 0.2) is 0 Å². The van der Waals surface area contributed by atoms with E-state index in [0.717, 1.165) is 24.2 Å². The van der Waals surface area contributed by atoms with Crippen LogP contribution in [0.3, 0.4) is 0 Å². The van der Waals surface area contributed by atoms with Crippen LogP contribution in [0.5, 0.6) is 5.75 Å². The zero-order chi connectivity index (χ0) is 13.7. The van der Waals surface area contributed by atoms with E-state index in [1.165, 1.54) is 11.1 Å². The molecule has 2 nitrogen and oxygen atoms in total. The highest BCUT2D eigenvalue weighted by Crippen LogP contribution is 2.31. The summed E-state index contributed by atoms with van der Waals surface area (Å²) in [5.74, 6) is 0.903. The second-order valence-corrected chi connectivity index (χ2v) is 4.77. The molecule has 0 aliphatic heterocycles. The predicted octanol–water partition coefficient (Wildman–Crippen LogP) is 4.06. The Kier molecular flexibility index (Phi) is 6.56. The minimum Gasteiger partial charge on any atom is -0.496 e. The highest BCUT2D eigenvalue weighted by atomic mass is 35.5. The van der Waals surface area contributed by atoms with Crippen molar-refractivity contribution < 1.29 is 4.74 Å². The van der Waals surface area contributed by atoms with Crippen LogP contribution in [-0.2, 0) is 6.42 Å². The maximum Gasteiger partial charge on any atom is 0.126 e. The molecule has 0 heterocycles. The summed E-state index contributed by atoms with van der Waals surface area (Å²) >= 11 is 0. The Balaban J connectivity index is 0.00000200. The number of rotatable bonds is 5. The quantitative estimate of drug-likeness (QED) is 0.901. The first kappa shape index (κ1) is 16.5. The van der Waals surface area contributed by atoms with Gasteiger partial charge in [0.05, 0.1) is 7.11 Å². The van der Waals surface area contributed by atoms with Crippen molar-refractivity contribution in [2.45, 2.75) is 25.8 Å². The molecule has 0 aliphatic carbocycles. The van der Waals surface area contributed by atoms with Gasteiger partial charge in [0, 0.05) is 11.6 Å². The van der Waals surface area contributed by atoms with Crippen LogP contribution in [0.1, 0.15) is 18.9 Å². The summed E-state index contributed by atoms with van der Waals surface area (Å²) in [6.07, 6.45) is 1.90. The monoisotopic (exact) mass is 291 g/mol. The van der Waals surface area contributed by atoms with E-state index < -0.39 is 0 Å². The lowest BCUT2D eigenvalue weighted by atomic mass is 9.98. The summed E-state index contributed by atoms with van der Waals surface area (Å²) < 4.78 is 5.45. The molecule has 0 bridgehead atoms. The lowest BCUT2D eigenvalue weighted by Crippen LogP contribution is -2.21. The summed E-state index contributed by atoms with van der Waals surface area (Å²) in [7, 11) is 1.71. The van der Waals surface area contributed by atoms with Gasteiger partial charge in [-0.1, -0.05) is 43.3 Å². The molecule has 1 atom stereocenters. The molecule has 0 saturated heterocycles. The summed E-state index contributed by atoms with van der Waals surface area (Å²) in [4.78, 5) is 0. The zero-order valence-electron chi connectivity index (χ0n) is 12.0. The Morgan fingerprint density at radius 1 is 1.10 bits per heavy atom. The molecule has 0 saturated carbocycles. The van der Waals surface area contributed by atoms with E-state index in [1.807, 2.05) is 24.3 Å². The van der Waals surface area contributed by atoms with E-state index >= 15 is 0 Å². The fraction of sp³-hybridized carbons (Fsp3) is 0.294. The van der Waals surface area contributed by atoms with Crippen molar-refractivity contribution in [2.75, 3.05) is 7.11 Å². The van der Waals surface area contributed by atoms with Gasteiger partial charge in [-0.3, -0.25) is 0 Å². The molecule has 2 rings (SSSR count). The topological polar surface area (TPSA) is 35.2 Å². The minimum absolute atomic E-state index is 0. The van der Waals surface area contributed by atoms with Crippen molar-refractivity contribution in [1.82, 2.24) is 0 Å². The van der Waals surface area contributed by atoms with Gasteiger partial charge in [-0.15, -0.1) is 12.4 Å². The van der Waals surface area contributed by atoms with Crippen molar-refractivity contribution in [3.8, 4) is 16.9 Å². The second kappa shape index (κ2) is 7.93. The average Bonchev–Trinajstić information content (AvgIpc) is 2.48. The number of nitrogens with two attached hydrogens (primary N) is 1. The zero-order valence-corrected chi connectivity index (χ0v) is 12.8.